The van der Waals surface area contributed by atoms with Crippen LogP contribution in [0.25, 0.3) is 0 Å². The van der Waals surface area contributed by atoms with Crippen LogP contribution in [-0.4, -0.2) is 20.1 Å². The van der Waals surface area contributed by atoms with Crippen molar-refractivity contribution in [3.05, 3.63) is 124 Å². The molecule has 9 heteroatoms. The van der Waals surface area contributed by atoms with E-state index in [4.69, 9.17) is 0 Å². The van der Waals surface area contributed by atoms with Crippen molar-refractivity contribution >= 4 is 49.0 Å². The molecule has 0 atom stereocenters. The van der Waals surface area contributed by atoms with Gasteiger partial charge in [-0.05, 0) is 66.7 Å². The Morgan fingerprint density at radius 2 is 1.43 bits per heavy atom. The second-order valence-electron chi connectivity index (χ2n) is 7.48. The standard InChI is InChI=1S/C26H18BrFN2O4S/c27-19-8-15-24(23(16-19)25(31)17-4-2-1-3-5-17)29-26(32)18-6-11-21(12-7-18)30-35(33,34)22-13-9-20(28)10-14-22/h1-16,30H,(H,29,32). The minimum absolute atomic E-state index is 0.0911. The molecule has 0 saturated carbocycles. The first-order chi connectivity index (χ1) is 16.7. The van der Waals surface area contributed by atoms with Crippen molar-refractivity contribution in [1.29, 1.82) is 0 Å². The van der Waals surface area contributed by atoms with Crippen molar-refractivity contribution in [2.75, 3.05) is 10.0 Å². The van der Waals surface area contributed by atoms with Gasteiger partial charge in [0.1, 0.15) is 5.82 Å². The Bertz CT molecular complexity index is 1490. The molecule has 0 saturated heterocycles. The molecule has 35 heavy (non-hydrogen) atoms. The molecule has 6 nitrogen and oxygen atoms in total. The number of rotatable bonds is 7. The molecular weight excluding hydrogens is 535 g/mol. The molecule has 0 unspecified atom stereocenters. The maximum absolute atomic E-state index is 13.1. The molecule has 176 valence electrons. The van der Waals surface area contributed by atoms with Gasteiger partial charge < -0.3 is 5.32 Å². The molecule has 0 aliphatic rings. The lowest BCUT2D eigenvalue weighted by Crippen LogP contribution is -2.16. The number of benzene rings is 4. The summed E-state index contributed by atoms with van der Waals surface area (Å²) >= 11 is 3.36. The Balaban J connectivity index is 1.51. The number of hydrogen-bond donors (Lipinski definition) is 2. The van der Waals surface area contributed by atoms with E-state index >= 15 is 0 Å². The fourth-order valence-corrected chi connectivity index (χ4v) is 4.69. The number of carbonyl (C=O) groups is 2. The number of ketones is 1. The molecule has 1 amide bonds. The minimum Gasteiger partial charge on any atom is -0.321 e. The highest BCUT2D eigenvalue weighted by molar-refractivity contribution is 9.10. The van der Waals surface area contributed by atoms with Crippen LogP contribution >= 0.6 is 15.9 Å². The largest absolute Gasteiger partial charge is 0.321 e. The first-order valence-electron chi connectivity index (χ1n) is 10.3. The number of nitrogens with one attached hydrogen (secondary N) is 2. The third-order valence-electron chi connectivity index (χ3n) is 5.03. The molecule has 0 spiro atoms. The molecule has 4 aromatic carbocycles. The van der Waals surface area contributed by atoms with Gasteiger partial charge in [-0.1, -0.05) is 46.3 Å². The molecule has 0 aliphatic heterocycles. The minimum atomic E-state index is -3.92. The fourth-order valence-electron chi connectivity index (χ4n) is 3.27. The highest BCUT2D eigenvalue weighted by Crippen LogP contribution is 2.25. The lowest BCUT2D eigenvalue weighted by Gasteiger charge is -2.12. The summed E-state index contributed by atoms with van der Waals surface area (Å²) in [6.07, 6.45) is 0. The number of halogens is 2. The van der Waals surface area contributed by atoms with E-state index < -0.39 is 21.7 Å². The van der Waals surface area contributed by atoms with Gasteiger partial charge in [0.25, 0.3) is 15.9 Å². The molecule has 0 fully saturated rings. The molecule has 2 N–H and O–H groups in total. The zero-order chi connectivity index (χ0) is 25.0. The fraction of sp³-hybridized carbons (Fsp3) is 0. The first-order valence-corrected chi connectivity index (χ1v) is 12.6. The van der Waals surface area contributed by atoms with Crippen LogP contribution in [0.1, 0.15) is 26.3 Å². The summed E-state index contributed by atoms with van der Waals surface area (Å²) in [5.41, 5.74) is 1.64. The zero-order valence-electron chi connectivity index (χ0n) is 18.0. The van der Waals surface area contributed by atoms with Crippen LogP contribution in [0.3, 0.4) is 0 Å². The number of anilines is 2. The lowest BCUT2D eigenvalue weighted by atomic mass is 10.0. The third-order valence-corrected chi connectivity index (χ3v) is 6.92. The van der Waals surface area contributed by atoms with E-state index in [1.165, 1.54) is 24.3 Å². The maximum atomic E-state index is 13.1. The van der Waals surface area contributed by atoms with E-state index in [0.717, 1.165) is 24.3 Å². The number of amides is 1. The summed E-state index contributed by atoms with van der Waals surface area (Å²) in [4.78, 5) is 25.8. The van der Waals surface area contributed by atoms with Gasteiger partial charge in [-0.15, -0.1) is 0 Å². The van der Waals surface area contributed by atoms with Crippen molar-refractivity contribution in [2.24, 2.45) is 0 Å². The summed E-state index contributed by atoms with van der Waals surface area (Å²) in [5, 5.41) is 2.75. The Hall–Kier alpha value is -3.82. The second-order valence-corrected chi connectivity index (χ2v) is 10.1. The van der Waals surface area contributed by atoms with Crippen LogP contribution in [0, 0.1) is 5.82 Å². The number of carbonyl (C=O) groups excluding carboxylic acids is 2. The van der Waals surface area contributed by atoms with Gasteiger partial charge in [-0.2, -0.15) is 0 Å². The topological polar surface area (TPSA) is 92.3 Å². The van der Waals surface area contributed by atoms with Crippen molar-refractivity contribution < 1.29 is 22.4 Å². The Morgan fingerprint density at radius 3 is 2.09 bits per heavy atom. The van der Waals surface area contributed by atoms with Crippen LogP contribution < -0.4 is 10.0 Å². The van der Waals surface area contributed by atoms with Gasteiger partial charge in [0.05, 0.1) is 10.6 Å². The molecule has 0 heterocycles. The van der Waals surface area contributed by atoms with Crippen molar-refractivity contribution in [3.8, 4) is 0 Å². The molecule has 0 bridgehead atoms. The van der Waals surface area contributed by atoms with Crippen LogP contribution in [0.15, 0.2) is 106 Å². The number of hydrogen-bond acceptors (Lipinski definition) is 4. The van der Waals surface area contributed by atoms with E-state index in [1.54, 1.807) is 42.5 Å². The van der Waals surface area contributed by atoms with Crippen LogP contribution in [0.2, 0.25) is 0 Å². The van der Waals surface area contributed by atoms with E-state index in [9.17, 15) is 22.4 Å². The van der Waals surface area contributed by atoms with E-state index in [1.807, 2.05) is 6.07 Å². The Labute approximate surface area is 210 Å². The summed E-state index contributed by atoms with van der Waals surface area (Å²) in [7, 11) is -3.92. The maximum Gasteiger partial charge on any atom is 0.261 e. The highest BCUT2D eigenvalue weighted by Gasteiger charge is 2.18. The SMILES string of the molecule is O=C(Nc1ccc(Br)cc1C(=O)c1ccccc1)c1ccc(NS(=O)(=O)c2ccc(F)cc2)cc1. The Kier molecular flexibility index (Phi) is 7.09. The van der Waals surface area contributed by atoms with Gasteiger partial charge in [0, 0.05) is 26.9 Å². The van der Waals surface area contributed by atoms with Crippen LogP contribution in [-0.2, 0) is 10.0 Å². The van der Waals surface area contributed by atoms with E-state index in [2.05, 4.69) is 26.0 Å². The molecule has 4 rings (SSSR count). The van der Waals surface area contributed by atoms with Crippen molar-refractivity contribution in [2.45, 2.75) is 4.90 Å². The molecular formula is C26H18BrFN2O4S. The van der Waals surface area contributed by atoms with Gasteiger partial charge in [-0.25, -0.2) is 12.8 Å². The van der Waals surface area contributed by atoms with E-state index in [-0.39, 0.29) is 21.9 Å². The predicted molar refractivity (Wildman–Crippen MR) is 136 cm³/mol. The van der Waals surface area contributed by atoms with Crippen LogP contribution in [0.4, 0.5) is 15.8 Å². The number of sulfonamides is 1. The van der Waals surface area contributed by atoms with Crippen LogP contribution in [0.5, 0.6) is 0 Å². The van der Waals surface area contributed by atoms with Gasteiger partial charge in [0.15, 0.2) is 5.78 Å². The molecule has 0 radical (unpaired) electrons. The van der Waals surface area contributed by atoms with Crippen molar-refractivity contribution in [3.63, 3.8) is 0 Å². The van der Waals surface area contributed by atoms with Gasteiger partial charge in [-0.3, -0.25) is 14.3 Å². The summed E-state index contributed by atoms with van der Waals surface area (Å²) < 4.78 is 41.1. The average molecular weight is 553 g/mol. The van der Waals surface area contributed by atoms with Gasteiger partial charge >= 0.3 is 0 Å². The first kappa shape index (κ1) is 24.3. The lowest BCUT2D eigenvalue weighted by molar-refractivity contribution is 0.102. The van der Waals surface area contributed by atoms with Gasteiger partial charge in [0.2, 0.25) is 0 Å². The summed E-state index contributed by atoms with van der Waals surface area (Å²) in [6, 6.07) is 23.9. The van der Waals surface area contributed by atoms with Crippen molar-refractivity contribution in [1.82, 2.24) is 0 Å². The molecule has 0 aromatic heterocycles. The Morgan fingerprint density at radius 1 is 0.771 bits per heavy atom. The normalized spacial score (nSPS) is 11.0. The second kappa shape index (κ2) is 10.2. The summed E-state index contributed by atoms with van der Waals surface area (Å²) in [5.74, 6) is -1.26. The zero-order valence-corrected chi connectivity index (χ0v) is 20.4. The highest BCUT2D eigenvalue weighted by atomic mass is 79.9. The smallest absolute Gasteiger partial charge is 0.261 e. The predicted octanol–water partition coefficient (Wildman–Crippen LogP) is 5.87. The monoisotopic (exact) mass is 552 g/mol. The quantitative estimate of drug-likeness (QED) is 0.280. The third kappa shape index (κ3) is 5.82. The van der Waals surface area contributed by atoms with E-state index in [0.29, 0.717) is 21.3 Å². The summed E-state index contributed by atoms with van der Waals surface area (Å²) in [6.45, 7) is 0. The molecule has 4 aromatic rings. The molecule has 0 aliphatic carbocycles. The average Bonchev–Trinajstić information content (AvgIpc) is 2.85.